The molecule has 4 rings (SSSR count). The summed E-state index contributed by atoms with van der Waals surface area (Å²) in [5.74, 6) is -0.0752. The van der Waals surface area contributed by atoms with Gasteiger partial charge in [0, 0.05) is 25.6 Å². The zero-order valence-electron chi connectivity index (χ0n) is 15.7. The SMILES string of the molecule is O=C(c1cccc(OCc2conc2Cc2ccc(F)cc2)n1)N1CCOCC1. The van der Waals surface area contributed by atoms with Crippen molar-refractivity contribution in [1.29, 1.82) is 0 Å². The van der Waals surface area contributed by atoms with Gasteiger partial charge in [0.25, 0.3) is 5.91 Å². The lowest BCUT2D eigenvalue weighted by atomic mass is 10.1. The highest BCUT2D eigenvalue weighted by atomic mass is 19.1. The Morgan fingerprint density at radius 1 is 1.14 bits per heavy atom. The van der Waals surface area contributed by atoms with Crippen LogP contribution < -0.4 is 4.74 Å². The van der Waals surface area contributed by atoms with Crippen LogP contribution in [0.1, 0.15) is 27.3 Å². The lowest BCUT2D eigenvalue weighted by Gasteiger charge is -2.26. The van der Waals surface area contributed by atoms with Crippen molar-refractivity contribution in [3.05, 3.63) is 77.1 Å². The Kier molecular flexibility index (Phi) is 5.81. The van der Waals surface area contributed by atoms with Crippen LogP contribution in [0.5, 0.6) is 5.88 Å². The van der Waals surface area contributed by atoms with Crippen LogP contribution in [0.15, 0.2) is 53.3 Å². The van der Waals surface area contributed by atoms with Crippen molar-refractivity contribution in [1.82, 2.24) is 15.0 Å². The van der Waals surface area contributed by atoms with Gasteiger partial charge in [-0.1, -0.05) is 23.4 Å². The minimum Gasteiger partial charge on any atom is -0.473 e. The monoisotopic (exact) mass is 397 g/mol. The predicted molar refractivity (Wildman–Crippen MR) is 101 cm³/mol. The van der Waals surface area contributed by atoms with Gasteiger partial charge in [-0.25, -0.2) is 9.37 Å². The van der Waals surface area contributed by atoms with Crippen molar-refractivity contribution in [3.63, 3.8) is 0 Å². The van der Waals surface area contributed by atoms with Gasteiger partial charge in [-0.05, 0) is 23.8 Å². The fourth-order valence-electron chi connectivity index (χ4n) is 3.03. The van der Waals surface area contributed by atoms with Crippen LogP contribution in [0.3, 0.4) is 0 Å². The molecule has 1 aromatic carbocycles. The van der Waals surface area contributed by atoms with Gasteiger partial charge in [0.15, 0.2) is 0 Å². The number of carbonyl (C=O) groups excluding carboxylic acids is 1. The summed E-state index contributed by atoms with van der Waals surface area (Å²) in [6.45, 7) is 2.37. The molecule has 0 aliphatic carbocycles. The molecule has 1 saturated heterocycles. The van der Waals surface area contributed by atoms with E-state index >= 15 is 0 Å². The average Bonchev–Trinajstić information content (AvgIpc) is 3.21. The Bertz CT molecular complexity index is 968. The molecule has 0 bridgehead atoms. The van der Waals surface area contributed by atoms with Crippen LogP contribution in [0, 0.1) is 5.82 Å². The fourth-order valence-corrected chi connectivity index (χ4v) is 3.03. The Morgan fingerprint density at radius 2 is 1.93 bits per heavy atom. The molecule has 0 radical (unpaired) electrons. The number of nitrogens with zero attached hydrogens (tertiary/aromatic N) is 3. The normalized spacial score (nSPS) is 14.0. The van der Waals surface area contributed by atoms with Gasteiger partial charge in [-0.15, -0.1) is 0 Å². The molecule has 7 nitrogen and oxygen atoms in total. The van der Waals surface area contributed by atoms with Crippen LogP contribution in [0.25, 0.3) is 0 Å². The van der Waals surface area contributed by atoms with Crippen LogP contribution >= 0.6 is 0 Å². The molecule has 0 N–H and O–H groups in total. The maximum atomic E-state index is 13.1. The smallest absolute Gasteiger partial charge is 0.272 e. The van der Waals surface area contributed by atoms with E-state index in [0.29, 0.717) is 50.0 Å². The van der Waals surface area contributed by atoms with Gasteiger partial charge >= 0.3 is 0 Å². The van der Waals surface area contributed by atoms with E-state index in [0.717, 1.165) is 11.1 Å². The van der Waals surface area contributed by atoms with Gasteiger partial charge < -0.3 is 18.9 Å². The van der Waals surface area contributed by atoms with Crippen LogP contribution in [0.2, 0.25) is 0 Å². The molecule has 2 aromatic heterocycles. The van der Waals surface area contributed by atoms with E-state index in [1.165, 1.54) is 18.4 Å². The van der Waals surface area contributed by atoms with Crippen molar-refractivity contribution in [3.8, 4) is 5.88 Å². The van der Waals surface area contributed by atoms with Gasteiger partial charge in [0.2, 0.25) is 5.88 Å². The first kappa shape index (κ1) is 19.1. The Labute approximate surface area is 167 Å². The highest BCUT2D eigenvalue weighted by Gasteiger charge is 2.20. The number of pyridine rings is 1. The molecule has 0 atom stereocenters. The number of morpholine rings is 1. The molecule has 3 aromatic rings. The number of hydrogen-bond acceptors (Lipinski definition) is 6. The zero-order valence-corrected chi connectivity index (χ0v) is 15.7. The van der Waals surface area contributed by atoms with Crippen LogP contribution in [-0.2, 0) is 17.8 Å². The first-order chi connectivity index (χ1) is 14.2. The summed E-state index contributed by atoms with van der Waals surface area (Å²) >= 11 is 0. The highest BCUT2D eigenvalue weighted by molar-refractivity contribution is 5.92. The molecule has 1 aliphatic heterocycles. The van der Waals surface area contributed by atoms with Crippen molar-refractivity contribution in [2.45, 2.75) is 13.0 Å². The second-order valence-corrected chi connectivity index (χ2v) is 6.64. The highest BCUT2D eigenvalue weighted by Crippen LogP contribution is 2.17. The average molecular weight is 397 g/mol. The van der Waals surface area contributed by atoms with Crippen LogP contribution in [-0.4, -0.2) is 47.3 Å². The number of aromatic nitrogens is 2. The summed E-state index contributed by atoms with van der Waals surface area (Å²) in [5.41, 5.74) is 2.72. The quantitative estimate of drug-likeness (QED) is 0.637. The minimum absolute atomic E-state index is 0.138. The van der Waals surface area contributed by atoms with Crippen molar-refractivity contribution in [2.75, 3.05) is 26.3 Å². The second kappa shape index (κ2) is 8.83. The summed E-state index contributed by atoms with van der Waals surface area (Å²) in [6, 6.07) is 11.3. The molecule has 150 valence electrons. The number of carbonyl (C=O) groups is 1. The first-order valence-electron chi connectivity index (χ1n) is 9.32. The van der Waals surface area contributed by atoms with E-state index in [2.05, 4.69) is 10.1 Å². The van der Waals surface area contributed by atoms with Crippen molar-refractivity contribution < 1.29 is 23.2 Å². The lowest BCUT2D eigenvalue weighted by Crippen LogP contribution is -2.41. The molecule has 3 heterocycles. The summed E-state index contributed by atoms with van der Waals surface area (Å²) in [7, 11) is 0. The maximum Gasteiger partial charge on any atom is 0.272 e. The third-order valence-electron chi connectivity index (χ3n) is 4.63. The second-order valence-electron chi connectivity index (χ2n) is 6.64. The van der Waals surface area contributed by atoms with Crippen molar-refractivity contribution in [2.24, 2.45) is 0 Å². The van der Waals surface area contributed by atoms with Gasteiger partial charge in [-0.2, -0.15) is 0 Å². The Morgan fingerprint density at radius 3 is 2.72 bits per heavy atom. The summed E-state index contributed by atoms with van der Waals surface area (Å²) in [4.78, 5) is 18.6. The molecule has 1 amide bonds. The third-order valence-corrected chi connectivity index (χ3v) is 4.63. The maximum absolute atomic E-state index is 13.1. The summed E-state index contributed by atoms with van der Waals surface area (Å²) in [6.07, 6.45) is 2.01. The zero-order chi connectivity index (χ0) is 20.1. The Hall–Kier alpha value is -3.26. The molecule has 8 heteroatoms. The molecule has 1 fully saturated rings. The molecule has 1 aliphatic rings. The topological polar surface area (TPSA) is 77.7 Å². The molecule has 29 heavy (non-hydrogen) atoms. The standard InChI is InChI=1S/C21H20FN3O4/c22-17-6-4-15(5-7-17)12-19-16(14-29-24-19)13-28-20-3-1-2-18(23-20)21(26)25-8-10-27-11-9-25/h1-7,14H,8-13H2. The number of ether oxygens (including phenoxy) is 2. The van der Waals surface area contributed by atoms with Crippen molar-refractivity contribution >= 4 is 5.91 Å². The fraction of sp³-hybridized carbons (Fsp3) is 0.286. The molecular weight excluding hydrogens is 377 g/mol. The molecule has 0 saturated carbocycles. The lowest BCUT2D eigenvalue weighted by molar-refractivity contribution is 0.0298. The number of hydrogen-bond donors (Lipinski definition) is 0. The van der Waals surface area contributed by atoms with E-state index in [9.17, 15) is 9.18 Å². The number of amides is 1. The predicted octanol–water partition coefficient (Wildman–Crippen LogP) is 2.85. The largest absolute Gasteiger partial charge is 0.473 e. The summed E-state index contributed by atoms with van der Waals surface area (Å²) in [5, 5.41) is 4.01. The minimum atomic E-state index is -0.282. The van der Waals surface area contributed by atoms with E-state index < -0.39 is 0 Å². The van der Waals surface area contributed by atoms with E-state index in [-0.39, 0.29) is 18.3 Å². The van der Waals surface area contributed by atoms with Crippen LogP contribution in [0.4, 0.5) is 4.39 Å². The molecular formula is C21H20FN3O4. The third kappa shape index (κ3) is 4.78. The molecule has 0 unspecified atom stereocenters. The van der Waals surface area contributed by atoms with Gasteiger partial charge in [0.1, 0.15) is 24.4 Å². The molecule has 0 spiro atoms. The number of halogens is 1. The first-order valence-corrected chi connectivity index (χ1v) is 9.32. The van der Waals surface area contributed by atoms with E-state index in [4.69, 9.17) is 14.0 Å². The van der Waals surface area contributed by atoms with E-state index in [1.54, 1.807) is 35.2 Å². The summed E-state index contributed by atoms with van der Waals surface area (Å²) < 4.78 is 29.2. The van der Waals surface area contributed by atoms with Gasteiger partial charge in [-0.3, -0.25) is 4.79 Å². The Balaban J connectivity index is 1.40. The number of rotatable bonds is 6. The van der Waals surface area contributed by atoms with Gasteiger partial charge in [0.05, 0.1) is 24.5 Å². The number of benzene rings is 1. The van der Waals surface area contributed by atoms with E-state index in [1.807, 2.05) is 0 Å².